The Hall–Kier alpha value is -2.30. The molecule has 0 aliphatic carbocycles. The third-order valence-electron chi connectivity index (χ3n) is 4.84. The fraction of sp³-hybridized carbons (Fsp3) is 0.368. The lowest BCUT2D eigenvalue weighted by atomic mass is 9.97. The molecule has 1 amide bonds. The van der Waals surface area contributed by atoms with Crippen LogP contribution in [0.1, 0.15) is 18.5 Å². The monoisotopic (exact) mass is 437 g/mol. The van der Waals surface area contributed by atoms with Gasteiger partial charge in [-0.2, -0.15) is 4.31 Å². The molecule has 1 aliphatic rings. The molecule has 156 valence electrons. The Balaban J connectivity index is 1.67. The van der Waals surface area contributed by atoms with Gasteiger partial charge in [0.15, 0.2) is 9.84 Å². The summed E-state index contributed by atoms with van der Waals surface area (Å²) in [5.41, 5.74) is 0.792. The number of hydrogen-bond acceptors (Lipinski definition) is 6. The van der Waals surface area contributed by atoms with Crippen molar-refractivity contribution in [1.82, 2.24) is 9.29 Å². The summed E-state index contributed by atoms with van der Waals surface area (Å²) in [4.78, 5) is 16.6. The Bertz CT molecular complexity index is 1120. The summed E-state index contributed by atoms with van der Waals surface area (Å²) in [7, 11) is -7.34. The highest BCUT2D eigenvalue weighted by Gasteiger charge is 2.32. The van der Waals surface area contributed by atoms with Crippen molar-refractivity contribution >= 4 is 31.6 Å². The van der Waals surface area contributed by atoms with Gasteiger partial charge in [-0.05, 0) is 50.1 Å². The third kappa shape index (κ3) is 5.01. The smallest absolute Gasteiger partial charge is 0.243 e. The summed E-state index contributed by atoms with van der Waals surface area (Å²) in [5.74, 6) is -0.0204. The normalized spacial score (nSPS) is 16.5. The van der Waals surface area contributed by atoms with Gasteiger partial charge in [0.2, 0.25) is 15.9 Å². The van der Waals surface area contributed by atoms with E-state index in [9.17, 15) is 21.6 Å². The maximum absolute atomic E-state index is 12.9. The van der Waals surface area contributed by atoms with Gasteiger partial charge in [0, 0.05) is 31.0 Å². The molecule has 1 N–H and O–H groups in total. The molecular weight excluding hydrogens is 414 g/mol. The summed E-state index contributed by atoms with van der Waals surface area (Å²) < 4.78 is 50.5. The number of nitrogens with zero attached hydrogens (tertiary/aromatic N) is 2. The van der Waals surface area contributed by atoms with Gasteiger partial charge in [-0.25, -0.2) is 21.8 Å². The number of sulfonamides is 1. The highest BCUT2D eigenvalue weighted by atomic mass is 32.2. The predicted octanol–water partition coefficient (Wildman–Crippen LogP) is 1.83. The van der Waals surface area contributed by atoms with Crippen LogP contribution in [0.25, 0.3) is 0 Å². The second kappa shape index (κ2) is 8.21. The van der Waals surface area contributed by atoms with Gasteiger partial charge in [0.05, 0.1) is 9.79 Å². The second-order valence-electron chi connectivity index (χ2n) is 7.08. The van der Waals surface area contributed by atoms with Crippen LogP contribution in [0.3, 0.4) is 0 Å². The van der Waals surface area contributed by atoms with E-state index < -0.39 is 19.9 Å². The van der Waals surface area contributed by atoms with E-state index in [4.69, 9.17) is 0 Å². The van der Waals surface area contributed by atoms with Crippen LogP contribution in [0.4, 0.5) is 5.82 Å². The summed E-state index contributed by atoms with van der Waals surface area (Å²) in [6.07, 6.45) is 1.79. The van der Waals surface area contributed by atoms with E-state index in [2.05, 4.69) is 10.3 Å². The van der Waals surface area contributed by atoms with Crippen LogP contribution >= 0.6 is 0 Å². The molecular formula is C19H23N3O5S2. The number of sulfone groups is 1. The predicted molar refractivity (Wildman–Crippen MR) is 109 cm³/mol. The highest BCUT2D eigenvalue weighted by molar-refractivity contribution is 7.91. The van der Waals surface area contributed by atoms with Crippen LogP contribution in [0.2, 0.25) is 0 Å². The molecule has 0 atom stereocenters. The standard InChI is InChI=1S/C19H23N3O5S2/c1-14-5-3-8-18(20-14)21-19(23)15-9-11-22(12-10-15)29(26,27)17-7-4-6-16(13-17)28(2,24)25/h3-8,13,15H,9-12H2,1-2H3,(H,20,21,23). The van der Waals surface area contributed by atoms with E-state index in [1.54, 1.807) is 12.1 Å². The van der Waals surface area contributed by atoms with Gasteiger partial charge in [-0.3, -0.25) is 4.79 Å². The first kappa shape index (κ1) is 21.4. The van der Waals surface area contributed by atoms with E-state index >= 15 is 0 Å². The molecule has 0 unspecified atom stereocenters. The van der Waals surface area contributed by atoms with Gasteiger partial charge in [0.1, 0.15) is 5.82 Å². The number of amides is 1. The molecule has 3 rings (SSSR count). The zero-order valence-corrected chi connectivity index (χ0v) is 17.8. The summed E-state index contributed by atoms with van der Waals surface area (Å²) >= 11 is 0. The molecule has 1 aromatic heterocycles. The van der Waals surface area contributed by atoms with Crippen molar-refractivity contribution in [2.24, 2.45) is 5.92 Å². The van der Waals surface area contributed by atoms with Crippen LogP contribution in [-0.2, 0) is 24.7 Å². The zero-order chi connectivity index (χ0) is 21.2. The Morgan fingerprint density at radius 1 is 1.03 bits per heavy atom. The van der Waals surface area contributed by atoms with Gasteiger partial charge in [-0.15, -0.1) is 0 Å². The number of benzene rings is 1. The second-order valence-corrected chi connectivity index (χ2v) is 11.0. The first-order valence-corrected chi connectivity index (χ1v) is 12.5. The number of rotatable bonds is 5. The SMILES string of the molecule is Cc1cccc(NC(=O)C2CCN(S(=O)(=O)c3cccc(S(C)(=O)=O)c3)CC2)n1. The van der Waals surface area contributed by atoms with E-state index in [-0.39, 0.29) is 34.7 Å². The zero-order valence-electron chi connectivity index (χ0n) is 16.2. The topological polar surface area (TPSA) is 114 Å². The largest absolute Gasteiger partial charge is 0.310 e. The van der Waals surface area contributed by atoms with Crippen LogP contribution in [0.15, 0.2) is 52.3 Å². The molecule has 0 saturated carbocycles. The van der Waals surface area contributed by atoms with Gasteiger partial charge >= 0.3 is 0 Å². The average molecular weight is 438 g/mol. The minimum atomic E-state index is -3.83. The van der Waals surface area contributed by atoms with Crippen LogP contribution in [-0.4, -0.2) is 51.4 Å². The van der Waals surface area contributed by atoms with Crippen LogP contribution < -0.4 is 5.32 Å². The third-order valence-corrected chi connectivity index (χ3v) is 7.84. The van der Waals surface area contributed by atoms with Crippen molar-refractivity contribution in [1.29, 1.82) is 0 Å². The summed E-state index contributed by atoms with van der Waals surface area (Å²) in [6, 6.07) is 10.7. The molecule has 1 aliphatic heterocycles. The maximum atomic E-state index is 12.9. The van der Waals surface area contributed by atoms with Crippen molar-refractivity contribution in [3.63, 3.8) is 0 Å². The van der Waals surface area contributed by atoms with E-state index in [0.717, 1.165) is 11.9 Å². The van der Waals surface area contributed by atoms with Crippen molar-refractivity contribution in [2.45, 2.75) is 29.6 Å². The molecule has 1 fully saturated rings. The number of anilines is 1. The number of carbonyl (C=O) groups excluding carboxylic acids is 1. The molecule has 1 saturated heterocycles. The van der Waals surface area contributed by atoms with Crippen molar-refractivity contribution < 1.29 is 21.6 Å². The van der Waals surface area contributed by atoms with Gasteiger partial charge in [0.25, 0.3) is 0 Å². The van der Waals surface area contributed by atoms with Crippen LogP contribution in [0.5, 0.6) is 0 Å². The van der Waals surface area contributed by atoms with Gasteiger partial charge in [-0.1, -0.05) is 12.1 Å². The molecule has 1 aromatic carbocycles. The molecule has 8 nitrogen and oxygen atoms in total. The molecule has 0 radical (unpaired) electrons. The lowest BCUT2D eigenvalue weighted by Crippen LogP contribution is -2.41. The number of aromatic nitrogens is 1. The Labute approximate surface area is 170 Å². The first-order valence-electron chi connectivity index (χ1n) is 9.12. The lowest BCUT2D eigenvalue weighted by molar-refractivity contribution is -0.120. The van der Waals surface area contributed by atoms with Gasteiger partial charge < -0.3 is 5.32 Å². The fourth-order valence-corrected chi connectivity index (χ4v) is 5.47. The maximum Gasteiger partial charge on any atom is 0.243 e. The molecule has 29 heavy (non-hydrogen) atoms. The van der Waals surface area contributed by atoms with E-state index in [0.29, 0.717) is 18.7 Å². The van der Waals surface area contributed by atoms with Crippen molar-refractivity contribution in [3.05, 3.63) is 48.2 Å². The van der Waals surface area contributed by atoms with E-state index in [1.165, 1.54) is 28.6 Å². The number of nitrogens with one attached hydrogen (secondary N) is 1. The lowest BCUT2D eigenvalue weighted by Gasteiger charge is -2.30. The summed E-state index contributed by atoms with van der Waals surface area (Å²) in [5, 5.41) is 2.78. The molecule has 2 heterocycles. The van der Waals surface area contributed by atoms with Crippen LogP contribution in [0, 0.1) is 12.8 Å². The first-order chi connectivity index (χ1) is 13.6. The number of carbonyl (C=O) groups is 1. The quantitative estimate of drug-likeness (QED) is 0.763. The minimum Gasteiger partial charge on any atom is -0.310 e. The summed E-state index contributed by atoms with van der Waals surface area (Å²) in [6.45, 7) is 2.20. The molecule has 0 spiro atoms. The van der Waals surface area contributed by atoms with Crippen molar-refractivity contribution in [3.8, 4) is 0 Å². The Kier molecular flexibility index (Phi) is 6.06. The molecule has 2 aromatic rings. The number of aryl methyl sites for hydroxylation is 1. The molecule has 10 heteroatoms. The highest BCUT2D eigenvalue weighted by Crippen LogP contribution is 2.26. The molecule has 0 bridgehead atoms. The Morgan fingerprint density at radius 3 is 2.28 bits per heavy atom. The minimum absolute atomic E-state index is 0.0431. The average Bonchev–Trinajstić information content (AvgIpc) is 2.67. The number of hydrogen-bond donors (Lipinski definition) is 1. The fourth-order valence-electron chi connectivity index (χ4n) is 3.21. The Morgan fingerprint density at radius 2 is 1.66 bits per heavy atom. The number of pyridine rings is 1. The van der Waals surface area contributed by atoms with Crippen molar-refractivity contribution in [2.75, 3.05) is 24.7 Å². The van der Waals surface area contributed by atoms with E-state index in [1.807, 2.05) is 13.0 Å². The number of piperidine rings is 1.